The van der Waals surface area contributed by atoms with E-state index in [0.29, 0.717) is 28.6 Å². The zero-order valence-corrected chi connectivity index (χ0v) is 15.1. The molecule has 1 saturated carbocycles. The van der Waals surface area contributed by atoms with Gasteiger partial charge in [0.25, 0.3) is 0 Å². The summed E-state index contributed by atoms with van der Waals surface area (Å²) in [5.74, 6) is -0.427. The molecule has 3 heterocycles. The SMILES string of the molecule is CS(=O)(CC1CC1)=NCc1cn2ccc(-c3noc(C(F)(F)F)n3)cc2n1. The highest BCUT2D eigenvalue weighted by atomic mass is 32.2. The Labute approximate surface area is 152 Å². The number of fused-ring (bicyclic) bond motifs is 1. The zero-order chi connectivity index (χ0) is 19.2. The molecule has 0 aromatic carbocycles. The van der Waals surface area contributed by atoms with Crippen LogP contribution in [-0.4, -0.2) is 35.7 Å². The maximum atomic E-state index is 12.6. The van der Waals surface area contributed by atoms with Crippen LogP contribution in [0.4, 0.5) is 13.2 Å². The maximum Gasteiger partial charge on any atom is 0.471 e. The minimum absolute atomic E-state index is 0.167. The van der Waals surface area contributed by atoms with Gasteiger partial charge in [0, 0.05) is 39.7 Å². The minimum atomic E-state index is -4.69. The average molecular weight is 399 g/mol. The Balaban J connectivity index is 1.57. The first-order valence-electron chi connectivity index (χ1n) is 8.24. The molecule has 1 unspecified atom stereocenters. The number of imidazole rings is 1. The fraction of sp³-hybridized carbons (Fsp3) is 0.438. The van der Waals surface area contributed by atoms with Crippen molar-refractivity contribution in [2.75, 3.05) is 12.0 Å². The highest BCUT2D eigenvalue weighted by Gasteiger charge is 2.38. The van der Waals surface area contributed by atoms with Crippen molar-refractivity contribution in [3.63, 3.8) is 0 Å². The summed E-state index contributed by atoms with van der Waals surface area (Å²) in [5, 5.41) is 3.37. The van der Waals surface area contributed by atoms with Gasteiger partial charge in [-0.15, -0.1) is 0 Å². The molecule has 1 aliphatic rings. The van der Waals surface area contributed by atoms with Crippen molar-refractivity contribution in [1.82, 2.24) is 19.5 Å². The van der Waals surface area contributed by atoms with Crippen molar-refractivity contribution >= 4 is 15.4 Å². The first kappa shape index (κ1) is 18.0. The van der Waals surface area contributed by atoms with E-state index in [1.807, 2.05) is 0 Å². The van der Waals surface area contributed by atoms with Crippen LogP contribution in [-0.2, 0) is 22.5 Å². The molecule has 0 N–H and O–H groups in total. The van der Waals surface area contributed by atoms with Crippen LogP contribution in [0.15, 0.2) is 33.4 Å². The maximum absolute atomic E-state index is 12.6. The number of halogens is 3. The summed E-state index contributed by atoms with van der Waals surface area (Å²) in [4.78, 5) is 7.76. The van der Waals surface area contributed by atoms with Gasteiger partial charge in [-0.2, -0.15) is 18.2 Å². The Morgan fingerprint density at radius 3 is 2.81 bits per heavy atom. The Kier molecular flexibility index (Phi) is 4.21. The topological polar surface area (TPSA) is 85.7 Å². The van der Waals surface area contributed by atoms with Crippen molar-refractivity contribution in [3.05, 3.63) is 36.1 Å². The molecular weight excluding hydrogens is 383 g/mol. The van der Waals surface area contributed by atoms with Gasteiger partial charge in [0.05, 0.1) is 12.2 Å². The molecule has 3 aromatic rings. The highest BCUT2D eigenvalue weighted by Crippen LogP contribution is 2.31. The normalized spacial score (nSPS) is 17.2. The Hall–Kier alpha value is -2.43. The summed E-state index contributed by atoms with van der Waals surface area (Å²) in [6, 6.07) is 3.12. The van der Waals surface area contributed by atoms with Gasteiger partial charge in [0.15, 0.2) is 0 Å². The lowest BCUT2D eigenvalue weighted by molar-refractivity contribution is -0.159. The van der Waals surface area contributed by atoms with E-state index in [2.05, 4.69) is 24.0 Å². The third-order valence-electron chi connectivity index (χ3n) is 4.18. The van der Waals surface area contributed by atoms with E-state index in [4.69, 9.17) is 0 Å². The lowest BCUT2D eigenvalue weighted by atomic mass is 10.2. The van der Waals surface area contributed by atoms with Crippen molar-refractivity contribution in [1.29, 1.82) is 0 Å². The minimum Gasteiger partial charge on any atom is -0.329 e. The van der Waals surface area contributed by atoms with Crippen LogP contribution in [0.3, 0.4) is 0 Å². The summed E-state index contributed by atoms with van der Waals surface area (Å²) in [7, 11) is -2.23. The smallest absolute Gasteiger partial charge is 0.329 e. The number of pyridine rings is 1. The lowest BCUT2D eigenvalue weighted by Crippen LogP contribution is -2.05. The van der Waals surface area contributed by atoms with E-state index in [1.54, 1.807) is 35.2 Å². The van der Waals surface area contributed by atoms with Gasteiger partial charge in [-0.3, -0.25) is 4.21 Å². The van der Waals surface area contributed by atoms with Crippen LogP contribution in [0.25, 0.3) is 17.0 Å². The predicted molar refractivity (Wildman–Crippen MR) is 91.3 cm³/mol. The summed E-state index contributed by atoms with van der Waals surface area (Å²) in [6.45, 7) is 0.222. The molecule has 4 rings (SSSR count). The third kappa shape index (κ3) is 4.12. The molecule has 144 valence electrons. The van der Waals surface area contributed by atoms with Crippen LogP contribution in [0.5, 0.6) is 0 Å². The summed E-state index contributed by atoms with van der Waals surface area (Å²) in [6.07, 6.45) is 2.58. The molecule has 7 nitrogen and oxygen atoms in total. The number of alkyl halides is 3. The molecule has 0 bridgehead atoms. The average Bonchev–Trinajstić information content (AvgIpc) is 3.11. The molecule has 1 aliphatic carbocycles. The van der Waals surface area contributed by atoms with E-state index in [9.17, 15) is 17.4 Å². The lowest BCUT2D eigenvalue weighted by Gasteiger charge is -2.01. The summed E-state index contributed by atoms with van der Waals surface area (Å²) >= 11 is 0. The summed E-state index contributed by atoms with van der Waals surface area (Å²) in [5.41, 5.74) is 1.48. The van der Waals surface area contributed by atoms with Crippen LogP contribution in [0.1, 0.15) is 24.4 Å². The van der Waals surface area contributed by atoms with E-state index in [-0.39, 0.29) is 12.4 Å². The van der Waals surface area contributed by atoms with Crippen molar-refractivity contribution in [2.45, 2.75) is 25.6 Å². The monoisotopic (exact) mass is 399 g/mol. The molecule has 0 radical (unpaired) electrons. The molecular formula is C16H16F3N5O2S. The van der Waals surface area contributed by atoms with Gasteiger partial charge in [-0.25, -0.2) is 9.35 Å². The molecule has 1 atom stereocenters. The van der Waals surface area contributed by atoms with E-state index in [1.165, 1.54) is 0 Å². The number of hydrogen-bond donors (Lipinski definition) is 0. The van der Waals surface area contributed by atoms with Gasteiger partial charge in [-0.05, 0) is 30.9 Å². The van der Waals surface area contributed by atoms with Crippen molar-refractivity contribution in [2.24, 2.45) is 10.3 Å². The molecule has 0 aliphatic heterocycles. The standard InChI is InChI=1S/C16H16F3N5O2S/c1-27(25,9-10-2-3-10)20-7-12-8-24-5-4-11(6-13(24)21-12)14-22-15(26-23-14)16(17,18)19/h4-6,8,10H,2-3,7,9H2,1H3. The van der Waals surface area contributed by atoms with Crippen LogP contribution in [0, 0.1) is 5.92 Å². The van der Waals surface area contributed by atoms with E-state index >= 15 is 0 Å². The Morgan fingerprint density at radius 1 is 1.37 bits per heavy atom. The number of rotatable bonds is 5. The fourth-order valence-electron chi connectivity index (χ4n) is 2.68. The molecule has 11 heteroatoms. The Morgan fingerprint density at radius 2 is 2.15 bits per heavy atom. The largest absolute Gasteiger partial charge is 0.471 e. The quantitative estimate of drug-likeness (QED) is 0.656. The second-order valence-corrected chi connectivity index (χ2v) is 9.20. The van der Waals surface area contributed by atoms with Gasteiger partial charge < -0.3 is 8.92 Å². The molecule has 0 spiro atoms. The molecule has 0 amide bonds. The van der Waals surface area contributed by atoms with E-state index < -0.39 is 21.8 Å². The molecule has 3 aromatic heterocycles. The summed E-state index contributed by atoms with van der Waals surface area (Å²) < 4.78 is 60.5. The molecule has 27 heavy (non-hydrogen) atoms. The zero-order valence-electron chi connectivity index (χ0n) is 14.3. The van der Waals surface area contributed by atoms with Gasteiger partial charge in [0.1, 0.15) is 5.65 Å². The number of hydrogen-bond acceptors (Lipinski definition) is 6. The highest BCUT2D eigenvalue weighted by molar-refractivity contribution is 7.92. The van der Waals surface area contributed by atoms with Crippen LogP contribution in [0.2, 0.25) is 0 Å². The fourth-order valence-corrected chi connectivity index (χ4v) is 4.40. The second kappa shape index (κ2) is 6.32. The van der Waals surface area contributed by atoms with Crippen LogP contribution >= 0.6 is 0 Å². The van der Waals surface area contributed by atoms with Gasteiger partial charge in [-0.1, -0.05) is 5.16 Å². The third-order valence-corrected chi connectivity index (χ3v) is 5.94. The van der Waals surface area contributed by atoms with E-state index in [0.717, 1.165) is 12.8 Å². The number of nitrogens with zero attached hydrogens (tertiary/aromatic N) is 5. The van der Waals surface area contributed by atoms with Crippen molar-refractivity contribution in [3.8, 4) is 11.4 Å². The van der Waals surface area contributed by atoms with Crippen LogP contribution < -0.4 is 0 Å². The molecule has 0 saturated heterocycles. The number of aromatic nitrogens is 4. The van der Waals surface area contributed by atoms with Gasteiger partial charge in [0.2, 0.25) is 5.82 Å². The second-order valence-electron chi connectivity index (χ2n) is 6.69. The first-order valence-corrected chi connectivity index (χ1v) is 10.3. The predicted octanol–water partition coefficient (Wildman–Crippen LogP) is 3.41. The van der Waals surface area contributed by atoms with Gasteiger partial charge >= 0.3 is 12.1 Å². The Bertz CT molecular complexity index is 1110. The first-order chi connectivity index (χ1) is 12.7. The molecule has 1 fully saturated rings. The van der Waals surface area contributed by atoms with Crippen molar-refractivity contribution < 1.29 is 21.9 Å².